The lowest BCUT2D eigenvalue weighted by molar-refractivity contribution is 1.16. The van der Waals surface area contributed by atoms with E-state index in [1.54, 1.807) is 0 Å². The summed E-state index contributed by atoms with van der Waals surface area (Å²) in [6, 6.07) is 99.6. The van der Waals surface area contributed by atoms with Gasteiger partial charge in [0.25, 0.3) is 0 Å². The van der Waals surface area contributed by atoms with Crippen LogP contribution in [0.25, 0.3) is 97.4 Å². The van der Waals surface area contributed by atoms with Crippen molar-refractivity contribution in [1.82, 2.24) is 9.13 Å². The maximum Gasteiger partial charge on any atom is 0.181 e. The highest BCUT2D eigenvalue weighted by Crippen LogP contribution is 2.41. The molecule has 4 heteroatoms. The Morgan fingerprint density at radius 3 is 1.64 bits per heavy atom. The Balaban J connectivity index is 1.05. The predicted molar refractivity (Wildman–Crippen MR) is 302 cm³/mol. The van der Waals surface area contributed by atoms with Gasteiger partial charge in [-0.3, -0.25) is 0 Å². The molecule has 14 aromatic rings. The Bertz CT molecular complexity index is 4260. The lowest BCUT2D eigenvalue weighted by Crippen LogP contribution is -2.75. The number of benzene rings is 11. The van der Waals surface area contributed by atoms with Gasteiger partial charge in [0.2, 0.25) is 0 Å². The van der Waals surface area contributed by atoms with Crippen LogP contribution in [0, 0.1) is 0 Å². The van der Waals surface area contributed by atoms with Crippen LogP contribution in [0.5, 0.6) is 0 Å². The first-order valence-corrected chi connectivity index (χ1v) is 26.9. The molecule has 0 amide bonds. The van der Waals surface area contributed by atoms with Crippen LogP contribution in [0.4, 0.5) is 0 Å². The molecule has 14 rings (SSSR count). The number of fused-ring (bicyclic) bond motifs is 9. The van der Waals surface area contributed by atoms with Crippen molar-refractivity contribution in [2.24, 2.45) is 0 Å². The van der Waals surface area contributed by atoms with E-state index in [-0.39, 0.29) is 0 Å². The molecular weight excluding hydrogens is 881 g/mol. The molecule has 0 aliphatic carbocycles. The molecule has 0 N–H and O–H groups in total. The average molecular weight is 925 g/mol. The molecule has 0 radical (unpaired) electrons. The first-order chi connectivity index (χ1) is 34.8. The zero-order chi connectivity index (χ0) is 46.2. The molecule has 0 unspecified atom stereocenters. The Morgan fingerprint density at radius 1 is 0.314 bits per heavy atom. The van der Waals surface area contributed by atoms with Crippen LogP contribution in [-0.2, 0) is 0 Å². The standard InChI is InChI=1S/C66H44N2SSi/c1-4-21-45(22-5-1)46-23-18-24-47(43-46)51-29-10-14-34-57(51)68-58-35-15-11-30-52(58)53-42-41-48(44-61(53)68)67-59-36-16-12-32-56(59)65-60(67)37-20-39-63(65)70(49-25-6-2-7-26-49,50-27-8-3-9-28-50)64-40-19-33-55-54-31-13-17-38-62(54)69-66(55)64/h1-44H. The van der Waals surface area contributed by atoms with E-state index in [1.807, 2.05) is 11.3 Å². The monoisotopic (exact) mass is 924 g/mol. The van der Waals surface area contributed by atoms with Gasteiger partial charge in [0.05, 0.1) is 27.8 Å². The van der Waals surface area contributed by atoms with Crippen LogP contribution in [0.1, 0.15) is 0 Å². The molecule has 0 fully saturated rings. The summed E-state index contributed by atoms with van der Waals surface area (Å²) < 4.78 is 7.71. The normalized spacial score (nSPS) is 12.0. The van der Waals surface area contributed by atoms with E-state index < -0.39 is 8.07 Å². The highest BCUT2D eigenvalue weighted by atomic mass is 32.1. The molecule has 3 aromatic heterocycles. The number of aromatic nitrogens is 2. The lowest BCUT2D eigenvalue weighted by atomic mass is 9.98. The maximum atomic E-state index is 2.53. The van der Waals surface area contributed by atoms with Gasteiger partial charge in [-0.2, -0.15) is 0 Å². The Labute approximate surface area is 411 Å². The number of rotatable bonds is 8. The molecular formula is C66H44N2SSi. The van der Waals surface area contributed by atoms with E-state index >= 15 is 0 Å². The minimum absolute atomic E-state index is 1.13. The first kappa shape index (κ1) is 40.5. The number of hydrogen-bond acceptors (Lipinski definition) is 1. The number of para-hydroxylation sites is 3. The summed E-state index contributed by atoms with van der Waals surface area (Å²) in [6.45, 7) is 0. The third-order valence-electron chi connectivity index (χ3n) is 14.7. The minimum atomic E-state index is -3.09. The Morgan fingerprint density at radius 2 is 0.857 bits per heavy atom. The van der Waals surface area contributed by atoms with Crippen LogP contribution in [0.2, 0.25) is 0 Å². The summed E-state index contributed by atoms with van der Waals surface area (Å²) in [5.41, 5.74) is 11.8. The molecule has 70 heavy (non-hydrogen) atoms. The smallest absolute Gasteiger partial charge is 0.181 e. The molecule has 0 atom stereocenters. The van der Waals surface area contributed by atoms with Gasteiger partial charge in [0, 0.05) is 53.0 Å². The highest BCUT2D eigenvalue weighted by Gasteiger charge is 2.44. The minimum Gasteiger partial charge on any atom is -0.309 e. The van der Waals surface area contributed by atoms with E-state index in [9.17, 15) is 0 Å². The number of hydrogen-bond donors (Lipinski definition) is 0. The summed E-state index contributed by atoms with van der Waals surface area (Å²) >= 11 is 1.94. The summed E-state index contributed by atoms with van der Waals surface area (Å²) in [5, 5.41) is 13.2. The molecule has 2 nitrogen and oxygen atoms in total. The first-order valence-electron chi connectivity index (χ1n) is 24.1. The summed E-state index contributed by atoms with van der Waals surface area (Å²) in [6.07, 6.45) is 0. The van der Waals surface area contributed by atoms with E-state index in [1.165, 1.54) is 107 Å². The lowest BCUT2D eigenvalue weighted by Gasteiger charge is -2.35. The molecule has 0 aliphatic rings. The predicted octanol–water partition coefficient (Wildman–Crippen LogP) is 15.0. The third-order valence-corrected chi connectivity index (χ3v) is 20.9. The van der Waals surface area contributed by atoms with Crippen molar-refractivity contribution in [3.05, 3.63) is 267 Å². The molecule has 3 heterocycles. The maximum absolute atomic E-state index is 3.09. The van der Waals surface area contributed by atoms with E-state index in [4.69, 9.17) is 0 Å². The fourth-order valence-electron chi connectivity index (χ4n) is 11.7. The fraction of sp³-hybridized carbons (Fsp3) is 0. The molecule has 0 bridgehead atoms. The van der Waals surface area contributed by atoms with Gasteiger partial charge in [0.1, 0.15) is 0 Å². The average Bonchev–Trinajstić information content (AvgIpc) is 4.10. The molecule has 0 saturated heterocycles. The number of thiophene rings is 1. The van der Waals surface area contributed by atoms with Gasteiger partial charge >= 0.3 is 0 Å². The van der Waals surface area contributed by atoms with Crippen LogP contribution in [-0.4, -0.2) is 17.2 Å². The van der Waals surface area contributed by atoms with Crippen LogP contribution in [0.3, 0.4) is 0 Å². The van der Waals surface area contributed by atoms with Gasteiger partial charge in [-0.1, -0.05) is 218 Å². The summed E-state index contributed by atoms with van der Waals surface area (Å²) in [7, 11) is -3.09. The fourth-order valence-corrected chi connectivity index (χ4v) is 18.5. The van der Waals surface area contributed by atoms with Crippen LogP contribution in [0.15, 0.2) is 267 Å². The van der Waals surface area contributed by atoms with E-state index in [0.717, 1.165) is 11.4 Å². The third kappa shape index (κ3) is 6.10. The number of nitrogens with zero attached hydrogens (tertiary/aromatic N) is 2. The molecule has 0 saturated carbocycles. The molecule has 328 valence electrons. The quantitative estimate of drug-likeness (QED) is 0.106. The summed E-state index contributed by atoms with van der Waals surface area (Å²) in [4.78, 5) is 0. The van der Waals surface area contributed by atoms with E-state index in [0.29, 0.717) is 0 Å². The zero-order valence-electron chi connectivity index (χ0n) is 38.2. The topological polar surface area (TPSA) is 9.86 Å². The second kappa shape index (κ2) is 16.3. The van der Waals surface area contributed by atoms with Crippen molar-refractivity contribution in [3.8, 4) is 33.6 Å². The second-order valence-electron chi connectivity index (χ2n) is 18.3. The summed E-state index contributed by atoms with van der Waals surface area (Å²) in [5.74, 6) is 0. The van der Waals surface area contributed by atoms with Crippen molar-refractivity contribution in [2.45, 2.75) is 0 Å². The molecule has 0 aliphatic heterocycles. The van der Waals surface area contributed by atoms with Gasteiger partial charge < -0.3 is 9.13 Å². The SMILES string of the molecule is c1ccc(-c2cccc(-c3ccccc3-n3c4ccccc4c4ccc(-n5c6ccccc6c6c([Si](c7ccccc7)(c7ccccc7)c7cccc8c7sc7ccccc78)cccc65)cc43)c2)cc1. The largest absolute Gasteiger partial charge is 0.309 e. The Kier molecular flexibility index (Phi) is 9.44. The van der Waals surface area contributed by atoms with Crippen LogP contribution >= 0.6 is 11.3 Å². The van der Waals surface area contributed by atoms with Crippen molar-refractivity contribution in [3.63, 3.8) is 0 Å². The van der Waals surface area contributed by atoms with Crippen LogP contribution < -0.4 is 20.7 Å². The van der Waals surface area contributed by atoms with Crippen molar-refractivity contribution >= 4 is 104 Å². The van der Waals surface area contributed by atoms with Crippen molar-refractivity contribution in [1.29, 1.82) is 0 Å². The van der Waals surface area contributed by atoms with Gasteiger partial charge in [-0.05, 0) is 86.0 Å². The van der Waals surface area contributed by atoms with Crippen molar-refractivity contribution < 1.29 is 0 Å². The Hall–Kier alpha value is -8.54. The second-order valence-corrected chi connectivity index (χ2v) is 23.1. The van der Waals surface area contributed by atoms with Gasteiger partial charge in [-0.15, -0.1) is 11.3 Å². The zero-order valence-corrected chi connectivity index (χ0v) is 40.0. The van der Waals surface area contributed by atoms with E-state index in [2.05, 4.69) is 276 Å². The van der Waals surface area contributed by atoms with Crippen molar-refractivity contribution in [2.75, 3.05) is 0 Å². The molecule has 11 aromatic carbocycles. The highest BCUT2D eigenvalue weighted by molar-refractivity contribution is 7.31. The van der Waals surface area contributed by atoms with Gasteiger partial charge in [-0.25, -0.2) is 0 Å². The molecule has 0 spiro atoms. The van der Waals surface area contributed by atoms with Gasteiger partial charge in [0.15, 0.2) is 8.07 Å².